The lowest BCUT2D eigenvalue weighted by Crippen LogP contribution is -2.31. The van der Waals surface area contributed by atoms with Gasteiger partial charge in [-0.2, -0.15) is 0 Å². The summed E-state index contributed by atoms with van der Waals surface area (Å²) in [5, 5.41) is 10.3. The highest BCUT2D eigenvalue weighted by Gasteiger charge is 2.40. The van der Waals surface area contributed by atoms with Crippen molar-refractivity contribution in [2.75, 3.05) is 13.1 Å². The number of halogens is 2. The number of carboxylic acid groups (broad SMARTS) is 1. The van der Waals surface area contributed by atoms with E-state index in [2.05, 4.69) is 4.90 Å². The van der Waals surface area contributed by atoms with Gasteiger partial charge in [-0.1, -0.05) is 35.3 Å². The number of nitrogens with zero attached hydrogens (tertiary/aromatic N) is 1. The standard InChI is InChI=1S/C13H15Cl2NO2/c1-13(12(17)18)5-6-16(8-13)7-9-3-2-4-10(14)11(9)15/h2-4H,5-8H2,1H3,(H,17,18). The lowest BCUT2D eigenvalue weighted by Gasteiger charge is -2.20. The fourth-order valence-corrected chi connectivity index (χ4v) is 2.66. The second kappa shape index (κ2) is 5.08. The molecule has 1 aromatic carbocycles. The van der Waals surface area contributed by atoms with Crippen LogP contribution in [0.1, 0.15) is 18.9 Å². The monoisotopic (exact) mass is 287 g/mol. The number of carbonyl (C=O) groups is 1. The smallest absolute Gasteiger partial charge is 0.310 e. The maximum absolute atomic E-state index is 11.2. The molecule has 1 aliphatic rings. The number of likely N-dealkylation sites (tertiary alicyclic amines) is 1. The average molecular weight is 288 g/mol. The van der Waals surface area contributed by atoms with Gasteiger partial charge in [0.1, 0.15) is 0 Å². The van der Waals surface area contributed by atoms with E-state index < -0.39 is 11.4 Å². The molecule has 0 bridgehead atoms. The third-order valence-electron chi connectivity index (χ3n) is 3.49. The molecule has 1 atom stereocenters. The van der Waals surface area contributed by atoms with Crippen LogP contribution in [0.25, 0.3) is 0 Å². The summed E-state index contributed by atoms with van der Waals surface area (Å²) in [5.74, 6) is -0.734. The highest BCUT2D eigenvalue weighted by molar-refractivity contribution is 6.42. The Morgan fingerprint density at radius 1 is 1.50 bits per heavy atom. The number of hydrogen-bond acceptors (Lipinski definition) is 2. The van der Waals surface area contributed by atoms with Crippen LogP contribution in [0.5, 0.6) is 0 Å². The summed E-state index contributed by atoms with van der Waals surface area (Å²) in [6.45, 7) is 3.74. The molecule has 0 aromatic heterocycles. The molecule has 0 amide bonds. The third kappa shape index (κ3) is 2.63. The van der Waals surface area contributed by atoms with Crippen molar-refractivity contribution in [2.45, 2.75) is 19.9 Å². The maximum Gasteiger partial charge on any atom is 0.310 e. The first-order valence-corrected chi connectivity index (χ1v) is 6.56. The van der Waals surface area contributed by atoms with Crippen molar-refractivity contribution >= 4 is 29.2 Å². The van der Waals surface area contributed by atoms with Crippen LogP contribution in [0.4, 0.5) is 0 Å². The van der Waals surface area contributed by atoms with E-state index >= 15 is 0 Å². The van der Waals surface area contributed by atoms with Crippen molar-refractivity contribution in [3.05, 3.63) is 33.8 Å². The molecule has 18 heavy (non-hydrogen) atoms. The zero-order valence-corrected chi connectivity index (χ0v) is 11.6. The number of carboxylic acids is 1. The molecule has 1 saturated heterocycles. The Labute approximate surface area is 116 Å². The molecular formula is C13H15Cl2NO2. The van der Waals surface area contributed by atoms with Gasteiger partial charge < -0.3 is 5.11 Å². The van der Waals surface area contributed by atoms with Crippen LogP contribution in [0, 0.1) is 5.41 Å². The molecule has 0 spiro atoms. The van der Waals surface area contributed by atoms with Crippen LogP contribution in [0.2, 0.25) is 10.0 Å². The molecule has 1 aromatic rings. The number of benzene rings is 1. The Morgan fingerprint density at radius 3 is 2.83 bits per heavy atom. The molecular weight excluding hydrogens is 273 g/mol. The van der Waals surface area contributed by atoms with Gasteiger partial charge in [0.25, 0.3) is 0 Å². The molecule has 1 heterocycles. The van der Waals surface area contributed by atoms with Gasteiger partial charge in [-0.25, -0.2) is 0 Å². The molecule has 98 valence electrons. The largest absolute Gasteiger partial charge is 0.481 e. The van der Waals surface area contributed by atoms with Crippen LogP contribution < -0.4 is 0 Å². The van der Waals surface area contributed by atoms with Crippen LogP contribution in [-0.2, 0) is 11.3 Å². The van der Waals surface area contributed by atoms with Crippen molar-refractivity contribution < 1.29 is 9.90 Å². The molecule has 1 fully saturated rings. The topological polar surface area (TPSA) is 40.5 Å². The van der Waals surface area contributed by atoms with E-state index in [1.54, 1.807) is 13.0 Å². The maximum atomic E-state index is 11.2. The van der Waals surface area contributed by atoms with Crippen molar-refractivity contribution in [3.8, 4) is 0 Å². The minimum absolute atomic E-state index is 0.536. The molecule has 0 saturated carbocycles. The van der Waals surface area contributed by atoms with E-state index in [4.69, 9.17) is 23.2 Å². The first kappa shape index (κ1) is 13.7. The summed E-state index contributed by atoms with van der Waals surface area (Å²) < 4.78 is 0. The summed E-state index contributed by atoms with van der Waals surface area (Å²) >= 11 is 12.1. The van der Waals surface area contributed by atoms with Crippen molar-refractivity contribution in [2.24, 2.45) is 5.41 Å². The average Bonchev–Trinajstić information content (AvgIpc) is 2.68. The zero-order valence-electron chi connectivity index (χ0n) is 10.1. The van der Waals surface area contributed by atoms with Crippen LogP contribution in [0.3, 0.4) is 0 Å². The van der Waals surface area contributed by atoms with Gasteiger partial charge in [0, 0.05) is 13.1 Å². The van der Waals surface area contributed by atoms with E-state index in [-0.39, 0.29) is 0 Å². The fourth-order valence-electron chi connectivity index (χ4n) is 2.28. The summed E-state index contributed by atoms with van der Waals surface area (Å²) in [6.07, 6.45) is 0.667. The highest BCUT2D eigenvalue weighted by Crippen LogP contribution is 2.33. The van der Waals surface area contributed by atoms with Gasteiger partial charge >= 0.3 is 5.97 Å². The zero-order chi connectivity index (χ0) is 13.3. The van der Waals surface area contributed by atoms with Crippen LogP contribution >= 0.6 is 23.2 Å². The van der Waals surface area contributed by atoms with Gasteiger partial charge in [-0.05, 0) is 31.5 Å². The second-order valence-electron chi connectivity index (χ2n) is 5.04. The second-order valence-corrected chi connectivity index (χ2v) is 5.82. The van der Waals surface area contributed by atoms with Gasteiger partial charge in [-0.15, -0.1) is 0 Å². The van der Waals surface area contributed by atoms with Crippen LogP contribution in [0.15, 0.2) is 18.2 Å². The quantitative estimate of drug-likeness (QED) is 0.927. The van der Waals surface area contributed by atoms with E-state index in [0.717, 1.165) is 12.1 Å². The summed E-state index contributed by atoms with van der Waals surface area (Å²) in [6, 6.07) is 5.53. The minimum atomic E-state index is -0.734. The Morgan fingerprint density at radius 2 is 2.22 bits per heavy atom. The van der Waals surface area contributed by atoms with Gasteiger partial charge in [0.15, 0.2) is 0 Å². The molecule has 1 unspecified atom stereocenters. The van der Waals surface area contributed by atoms with E-state index in [1.807, 2.05) is 12.1 Å². The number of rotatable bonds is 3. The van der Waals surface area contributed by atoms with Crippen molar-refractivity contribution in [1.29, 1.82) is 0 Å². The molecule has 0 aliphatic carbocycles. The molecule has 1 aliphatic heterocycles. The van der Waals surface area contributed by atoms with Crippen LogP contribution in [-0.4, -0.2) is 29.1 Å². The lowest BCUT2D eigenvalue weighted by atomic mass is 9.90. The Bertz CT molecular complexity index is 478. The molecule has 3 nitrogen and oxygen atoms in total. The molecule has 1 N–H and O–H groups in total. The van der Waals surface area contributed by atoms with Crippen molar-refractivity contribution in [1.82, 2.24) is 4.90 Å². The molecule has 2 rings (SSSR count). The predicted octanol–water partition coefficient (Wildman–Crippen LogP) is 3.29. The van der Waals surface area contributed by atoms with Crippen molar-refractivity contribution in [3.63, 3.8) is 0 Å². The SMILES string of the molecule is CC1(C(=O)O)CCN(Cc2cccc(Cl)c2Cl)C1. The summed E-state index contributed by atoms with van der Waals surface area (Å²) in [7, 11) is 0. The summed E-state index contributed by atoms with van der Waals surface area (Å²) in [5.41, 5.74) is 0.296. The normalized spacial score (nSPS) is 24.4. The molecule has 5 heteroatoms. The Kier molecular flexibility index (Phi) is 3.85. The third-order valence-corrected chi connectivity index (χ3v) is 4.35. The number of hydrogen-bond donors (Lipinski definition) is 1. The Hall–Kier alpha value is -0.770. The van der Waals surface area contributed by atoms with Gasteiger partial charge in [-0.3, -0.25) is 9.69 Å². The first-order chi connectivity index (χ1) is 8.42. The highest BCUT2D eigenvalue weighted by atomic mass is 35.5. The Balaban J connectivity index is 2.08. The van der Waals surface area contributed by atoms with E-state index in [0.29, 0.717) is 29.6 Å². The molecule has 0 radical (unpaired) electrons. The summed E-state index contributed by atoms with van der Waals surface area (Å²) in [4.78, 5) is 13.3. The van der Waals surface area contributed by atoms with Gasteiger partial charge in [0.05, 0.1) is 15.5 Å². The van der Waals surface area contributed by atoms with E-state index in [1.165, 1.54) is 0 Å². The van der Waals surface area contributed by atoms with E-state index in [9.17, 15) is 9.90 Å². The lowest BCUT2D eigenvalue weighted by molar-refractivity contribution is -0.147. The predicted molar refractivity (Wildman–Crippen MR) is 72.1 cm³/mol. The minimum Gasteiger partial charge on any atom is -0.481 e. The first-order valence-electron chi connectivity index (χ1n) is 5.81. The number of aliphatic carboxylic acids is 1. The van der Waals surface area contributed by atoms with Gasteiger partial charge in [0.2, 0.25) is 0 Å². The fraction of sp³-hybridized carbons (Fsp3) is 0.462.